The fraction of sp³-hybridized carbons (Fsp3) is 0.167. The normalized spacial score (nSPS) is 13.2. The Balaban J connectivity index is 2.03. The highest BCUT2D eigenvalue weighted by Crippen LogP contribution is 2.36. The highest BCUT2D eigenvalue weighted by Gasteiger charge is 2.29. The summed E-state index contributed by atoms with van der Waals surface area (Å²) in [6.07, 6.45) is 0. The lowest BCUT2D eigenvalue weighted by Crippen LogP contribution is -2.19. The van der Waals surface area contributed by atoms with E-state index in [2.05, 4.69) is 14.4 Å². The minimum absolute atomic E-state index is 0.321. The van der Waals surface area contributed by atoms with Crippen molar-refractivity contribution in [3.63, 3.8) is 0 Å². The molecule has 26 heavy (non-hydrogen) atoms. The fourth-order valence-corrected chi connectivity index (χ4v) is 3.67. The molecule has 0 atom stereocenters. The molecule has 0 unspecified atom stereocenters. The smallest absolute Gasteiger partial charge is 0.249 e. The maximum absolute atomic E-state index is 5.95. The first kappa shape index (κ1) is 19.1. The van der Waals surface area contributed by atoms with Gasteiger partial charge in [0.2, 0.25) is 8.59 Å². The van der Waals surface area contributed by atoms with Gasteiger partial charge in [-0.15, -0.1) is 0 Å². The Labute approximate surface area is 170 Å². The summed E-state index contributed by atoms with van der Waals surface area (Å²) >= 11 is 19.0. The minimum atomic E-state index is -1.60. The first-order valence-corrected chi connectivity index (χ1v) is 9.64. The molecule has 4 nitrogen and oxygen atoms in total. The van der Waals surface area contributed by atoms with E-state index in [1.165, 1.54) is 0 Å². The van der Waals surface area contributed by atoms with Crippen LogP contribution in [0.25, 0.3) is 0 Å². The molecule has 0 saturated carbocycles. The molecule has 0 aliphatic carbocycles. The second kappa shape index (κ2) is 8.35. The molecule has 0 N–H and O–H groups in total. The first-order chi connectivity index (χ1) is 12.4. The second-order valence-electron chi connectivity index (χ2n) is 5.45. The zero-order valence-corrected chi connectivity index (χ0v) is 16.9. The fourth-order valence-electron chi connectivity index (χ4n) is 2.25. The van der Waals surface area contributed by atoms with Gasteiger partial charge < -0.3 is 4.57 Å². The summed E-state index contributed by atoms with van der Waals surface area (Å²) in [5.74, 6) is 0.922. The number of aliphatic imine (C=N–C) groups is 1. The van der Waals surface area contributed by atoms with Crippen LogP contribution in [0.2, 0.25) is 0 Å². The van der Waals surface area contributed by atoms with E-state index >= 15 is 0 Å². The van der Waals surface area contributed by atoms with Crippen molar-refractivity contribution in [3.8, 4) is 0 Å². The molecule has 1 heterocycles. The lowest BCUT2D eigenvalue weighted by atomic mass is 10.2. The van der Waals surface area contributed by atoms with Crippen LogP contribution in [0.15, 0.2) is 70.6 Å². The van der Waals surface area contributed by atoms with Gasteiger partial charge in [-0.25, -0.2) is 0 Å². The number of halogens is 3. The summed E-state index contributed by atoms with van der Waals surface area (Å²) in [6, 6.07) is 19.8. The van der Waals surface area contributed by atoms with Gasteiger partial charge in [0.1, 0.15) is 0 Å². The van der Waals surface area contributed by atoms with Crippen molar-refractivity contribution in [2.45, 2.75) is 10.3 Å². The standard InChI is InChI=1S/C18H15Cl3N4S/c1-25-16(18(19,20)21)24-26-17(25)23-15(14-10-6-3-7-11-14)22-12-13-8-4-2-5-9-13/h2-11H,12H2,1H3. The Morgan fingerprint density at radius 3 is 2.23 bits per heavy atom. The summed E-state index contributed by atoms with van der Waals surface area (Å²) in [5.41, 5.74) is 2.01. The van der Waals surface area contributed by atoms with Crippen molar-refractivity contribution >= 4 is 52.2 Å². The van der Waals surface area contributed by atoms with E-state index in [1.807, 2.05) is 60.7 Å². The van der Waals surface area contributed by atoms with E-state index in [-0.39, 0.29) is 0 Å². The number of aromatic nitrogens is 2. The predicted octanol–water partition coefficient (Wildman–Crippen LogP) is 4.86. The third-order valence-corrected chi connectivity index (χ3v) is 4.86. The van der Waals surface area contributed by atoms with Crippen molar-refractivity contribution in [2.75, 3.05) is 0 Å². The number of nitrogens with zero attached hydrogens (tertiary/aromatic N) is 4. The average molecular weight is 426 g/mol. The molecule has 3 aromatic rings. The van der Waals surface area contributed by atoms with Crippen molar-refractivity contribution < 1.29 is 0 Å². The van der Waals surface area contributed by atoms with Gasteiger partial charge in [0.05, 0.1) is 6.54 Å². The number of hydrogen-bond acceptors (Lipinski definition) is 3. The highest BCUT2D eigenvalue weighted by molar-refractivity contribution is 7.03. The molecule has 0 spiro atoms. The topological polar surface area (TPSA) is 42.5 Å². The number of benzene rings is 2. The van der Waals surface area contributed by atoms with E-state index in [4.69, 9.17) is 34.8 Å². The van der Waals surface area contributed by atoms with Gasteiger partial charge in [0, 0.05) is 24.1 Å². The van der Waals surface area contributed by atoms with E-state index in [9.17, 15) is 0 Å². The van der Waals surface area contributed by atoms with Crippen LogP contribution >= 0.6 is 46.3 Å². The molecule has 8 heteroatoms. The van der Waals surface area contributed by atoms with Crippen molar-refractivity contribution in [2.24, 2.45) is 17.0 Å². The largest absolute Gasteiger partial charge is 0.303 e. The van der Waals surface area contributed by atoms with Gasteiger partial charge >= 0.3 is 0 Å². The maximum Gasteiger partial charge on any atom is 0.249 e. The Kier molecular flexibility index (Phi) is 6.14. The van der Waals surface area contributed by atoms with Gasteiger partial charge in [-0.1, -0.05) is 95.5 Å². The predicted molar refractivity (Wildman–Crippen MR) is 109 cm³/mol. The molecule has 0 fully saturated rings. The minimum Gasteiger partial charge on any atom is -0.303 e. The summed E-state index contributed by atoms with van der Waals surface area (Å²) in [6.45, 7) is 0.522. The van der Waals surface area contributed by atoms with Crippen LogP contribution in [0, 0.1) is 0 Å². The van der Waals surface area contributed by atoms with Gasteiger partial charge in [-0.2, -0.15) is 9.37 Å². The first-order valence-electron chi connectivity index (χ1n) is 7.73. The molecule has 0 saturated heterocycles. The zero-order valence-electron chi connectivity index (χ0n) is 13.8. The number of amidine groups is 1. The quantitative estimate of drug-likeness (QED) is 0.336. The number of rotatable bonds is 3. The third-order valence-electron chi connectivity index (χ3n) is 3.56. The van der Waals surface area contributed by atoms with Gasteiger partial charge in [-0.3, -0.25) is 4.99 Å². The van der Waals surface area contributed by atoms with Crippen LogP contribution in [0.5, 0.6) is 0 Å². The summed E-state index contributed by atoms with van der Waals surface area (Å²) < 4.78 is 4.27. The molecule has 0 aliphatic heterocycles. The maximum atomic E-state index is 5.95. The van der Waals surface area contributed by atoms with Crippen LogP contribution < -0.4 is 4.80 Å². The van der Waals surface area contributed by atoms with Gasteiger partial charge in [0.15, 0.2) is 11.7 Å². The van der Waals surface area contributed by atoms with E-state index in [0.29, 0.717) is 23.0 Å². The SMILES string of the molecule is Cn1c(C(Cl)(Cl)Cl)nsc1=NC(=NCc1ccccc1)c1ccccc1. The Morgan fingerprint density at radius 2 is 1.65 bits per heavy atom. The van der Waals surface area contributed by atoms with Gasteiger partial charge in [-0.05, 0) is 5.56 Å². The average Bonchev–Trinajstić information content (AvgIpc) is 3.01. The molecular weight excluding hydrogens is 411 g/mol. The molecular formula is C18H15Cl3N4S. The molecule has 0 amide bonds. The molecule has 1 aromatic heterocycles. The van der Waals surface area contributed by atoms with Crippen LogP contribution in [0.1, 0.15) is 17.0 Å². The zero-order chi connectivity index (χ0) is 18.6. The highest BCUT2D eigenvalue weighted by atomic mass is 35.6. The third kappa shape index (κ3) is 4.74. The second-order valence-corrected chi connectivity index (χ2v) is 8.46. The van der Waals surface area contributed by atoms with Crippen molar-refractivity contribution in [3.05, 3.63) is 82.4 Å². The Hall–Kier alpha value is -1.66. The monoisotopic (exact) mass is 424 g/mol. The summed E-state index contributed by atoms with van der Waals surface area (Å²) in [5, 5.41) is 0. The molecule has 3 rings (SSSR count). The van der Waals surface area contributed by atoms with Crippen molar-refractivity contribution in [1.29, 1.82) is 0 Å². The summed E-state index contributed by atoms with van der Waals surface area (Å²) in [7, 11) is 1.76. The van der Waals surface area contributed by atoms with Crippen LogP contribution in [-0.4, -0.2) is 14.8 Å². The van der Waals surface area contributed by atoms with Crippen LogP contribution in [0.3, 0.4) is 0 Å². The number of hydrogen-bond donors (Lipinski definition) is 0. The van der Waals surface area contributed by atoms with Crippen LogP contribution in [-0.2, 0) is 17.4 Å². The van der Waals surface area contributed by atoms with E-state index in [1.54, 1.807) is 11.6 Å². The van der Waals surface area contributed by atoms with Crippen molar-refractivity contribution in [1.82, 2.24) is 8.94 Å². The molecule has 0 aliphatic rings. The Morgan fingerprint density at radius 1 is 1.04 bits per heavy atom. The summed E-state index contributed by atoms with van der Waals surface area (Å²) in [4.78, 5) is 9.96. The number of alkyl halides is 3. The lowest BCUT2D eigenvalue weighted by molar-refractivity contribution is 0.783. The van der Waals surface area contributed by atoms with Gasteiger partial charge in [0.25, 0.3) is 0 Å². The molecule has 134 valence electrons. The Bertz CT molecular complexity index is 957. The molecule has 0 bridgehead atoms. The molecule has 2 aromatic carbocycles. The molecule has 0 radical (unpaired) electrons. The van der Waals surface area contributed by atoms with E-state index in [0.717, 1.165) is 22.7 Å². The lowest BCUT2D eigenvalue weighted by Gasteiger charge is -2.08. The van der Waals surface area contributed by atoms with Crippen LogP contribution in [0.4, 0.5) is 0 Å². The van der Waals surface area contributed by atoms with E-state index < -0.39 is 3.79 Å².